The van der Waals surface area contributed by atoms with E-state index in [1.807, 2.05) is 48.5 Å². The van der Waals surface area contributed by atoms with Gasteiger partial charge in [0.05, 0.1) is 38.0 Å². The van der Waals surface area contributed by atoms with Gasteiger partial charge in [-0.2, -0.15) is 0 Å². The van der Waals surface area contributed by atoms with Crippen LogP contribution in [0.4, 0.5) is 0 Å². The van der Waals surface area contributed by atoms with Crippen molar-refractivity contribution in [3.63, 3.8) is 0 Å². The van der Waals surface area contributed by atoms with Gasteiger partial charge in [-0.05, 0) is 60.7 Å². The van der Waals surface area contributed by atoms with Gasteiger partial charge in [-0.3, -0.25) is 9.59 Å². The summed E-state index contributed by atoms with van der Waals surface area (Å²) in [5.74, 6) is 1.15. The number of carbonyl (C=O) groups is 2. The van der Waals surface area contributed by atoms with E-state index in [4.69, 9.17) is 13.9 Å². The van der Waals surface area contributed by atoms with Crippen molar-refractivity contribution in [2.75, 3.05) is 27.3 Å². The summed E-state index contributed by atoms with van der Waals surface area (Å²) in [6.07, 6.45) is 5.10. The highest BCUT2D eigenvalue weighted by Crippen LogP contribution is 2.25. The molecule has 1 aromatic heterocycles. The fourth-order valence-corrected chi connectivity index (χ4v) is 4.32. The minimum Gasteiger partial charge on any atom is -0.497 e. The molecule has 0 bridgehead atoms. The fraction of sp³-hybridized carbons (Fsp3) is 0.333. The first-order valence-corrected chi connectivity index (χ1v) is 11.5. The van der Waals surface area contributed by atoms with Crippen molar-refractivity contribution in [2.24, 2.45) is 5.92 Å². The molecule has 1 aliphatic rings. The quantitative estimate of drug-likeness (QED) is 0.541. The standard InChI is InChI=1S/C27H30N2O5/c1-32-23-9-5-19(6-10-23)16-25(20-7-11-24(33-2)12-8-20)28-26(30)21-4-3-14-29(17-21)27(31)22-13-15-34-18-22/h5-13,15,18,21,25H,3-4,14,16-17H2,1-2H3,(H,28,30). The Labute approximate surface area is 199 Å². The van der Waals surface area contributed by atoms with Crippen LogP contribution in [-0.2, 0) is 11.2 Å². The van der Waals surface area contributed by atoms with E-state index in [1.165, 1.54) is 12.5 Å². The molecule has 2 unspecified atom stereocenters. The third-order valence-corrected chi connectivity index (χ3v) is 6.28. The van der Waals surface area contributed by atoms with Gasteiger partial charge in [-0.15, -0.1) is 0 Å². The maximum absolute atomic E-state index is 13.3. The van der Waals surface area contributed by atoms with Crippen LogP contribution in [0.2, 0.25) is 0 Å². The monoisotopic (exact) mass is 462 g/mol. The number of nitrogens with zero attached hydrogens (tertiary/aromatic N) is 1. The normalized spacial score (nSPS) is 16.5. The summed E-state index contributed by atoms with van der Waals surface area (Å²) in [5.41, 5.74) is 2.59. The summed E-state index contributed by atoms with van der Waals surface area (Å²) in [7, 11) is 3.27. The van der Waals surface area contributed by atoms with E-state index in [2.05, 4.69) is 5.32 Å². The number of hydrogen-bond donors (Lipinski definition) is 1. The molecule has 1 saturated heterocycles. The summed E-state index contributed by atoms with van der Waals surface area (Å²) in [6.45, 7) is 1.04. The van der Waals surface area contributed by atoms with Gasteiger partial charge in [0.1, 0.15) is 17.8 Å². The Balaban J connectivity index is 1.48. The minimum absolute atomic E-state index is 0.0426. The van der Waals surface area contributed by atoms with E-state index >= 15 is 0 Å². The zero-order valence-corrected chi connectivity index (χ0v) is 19.5. The minimum atomic E-state index is -0.263. The van der Waals surface area contributed by atoms with Crippen LogP contribution in [-0.4, -0.2) is 44.0 Å². The van der Waals surface area contributed by atoms with Crippen LogP contribution in [0.15, 0.2) is 71.5 Å². The van der Waals surface area contributed by atoms with Crippen LogP contribution in [0, 0.1) is 5.92 Å². The van der Waals surface area contributed by atoms with Gasteiger partial charge in [-0.25, -0.2) is 0 Å². The number of methoxy groups -OCH3 is 2. The summed E-state index contributed by atoms with van der Waals surface area (Å²) < 4.78 is 15.6. The molecule has 7 nitrogen and oxygen atoms in total. The van der Waals surface area contributed by atoms with Gasteiger partial charge in [0.2, 0.25) is 5.91 Å². The molecule has 2 amide bonds. The Morgan fingerprint density at radius 3 is 2.32 bits per heavy atom. The van der Waals surface area contributed by atoms with E-state index in [9.17, 15) is 9.59 Å². The van der Waals surface area contributed by atoms with E-state index in [0.29, 0.717) is 25.1 Å². The first-order valence-electron chi connectivity index (χ1n) is 11.5. The predicted octanol–water partition coefficient (Wildman–Crippen LogP) is 4.25. The van der Waals surface area contributed by atoms with Crippen molar-refractivity contribution in [3.05, 3.63) is 83.8 Å². The summed E-state index contributed by atoms with van der Waals surface area (Å²) in [5, 5.41) is 3.24. The molecule has 4 rings (SSSR count). The Bertz CT molecular complexity index is 1080. The molecule has 1 fully saturated rings. The number of amides is 2. The molecule has 0 radical (unpaired) electrons. The van der Waals surface area contributed by atoms with Crippen LogP contribution >= 0.6 is 0 Å². The molecule has 1 N–H and O–H groups in total. The second-order valence-corrected chi connectivity index (χ2v) is 8.49. The van der Waals surface area contributed by atoms with Crippen molar-refractivity contribution in [1.29, 1.82) is 0 Å². The number of ether oxygens (including phenoxy) is 2. The molecule has 3 aromatic rings. The van der Waals surface area contributed by atoms with Crippen molar-refractivity contribution in [2.45, 2.75) is 25.3 Å². The van der Waals surface area contributed by atoms with E-state index in [1.54, 1.807) is 25.2 Å². The second-order valence-electron chi connectivity index (χ2n) is 8.49. The molecule has 2 heterocycles. The average molecular weight is 463 g/mol. The highest BCUT2D eigenvalue weighted by molar-refractivity contribution is 5.94. The number of likely N-dealkylation sites (tertiary alicyclic amines) is 1. The average Bonchev–Trinajstić information content (AvgIpc) is 3.43. The highest BCUT2D eigenvalue weighted by atomic mass is 16.5. The molecule has 1 aliphatic heterocycles. The lowest BCUT2D eigenvalue weighted by Gasteiger charge is -2.33. The number of furan rings is 1. The maximum atomic E-state index is 13.3. The zero-order chi connectivity index (χ0) is 23.9. The Morgan fingerprint density at radius 2 is 1.71 bits per heavy atom. The number of rotatable bonds is 8. The van der Waals surface area contributed by atoms with Crippen LogP contribution < -0.4 is 14.8 Å². The van der Waals surface area contributed by atoms with E-state index in [-0.39, 0.29) is 23.8 Å². The molecular weight excluding hydrogens is 432 g/mol. The maximum Gasteiger partial charge on any atom is 0.257 e. The first kappa shape index (κ1) is 23.4. The van der Waals surface area contributed by atoms with E-state index in [0.717, 1.165) is 35.5 Å². The summed E-state index contributed by atoms with van der Waals surface area (Å²) in [4.78, 5) is 27.8. The van der Waals surface area contributed by atoms with Gasteiger partial charge in [0.15, 0.2) is 0 Å². The van der Waals surface area contributed by atoms with Crippen molar-refractivity contribution in [1.82, 2.24) is 10.2 Å². The number of piperidine rings is 1. The van der Waals surface area contributed by atoms with Crippen LogP contribution in [0.5, 0.6) is 11.5 Å². The predicted molar refractivity (Wildman–Crippen MR) is 128 cm³/mol. The lowest BCUT2D eigenvalue weighted by molar-refractivity contribution is -0.127. The molecule has 0 aliphatic carbocycles. The fourth-order valence-electron chi connectivity index (χ4n) is 4.32. The van der Waals surface area contributed by atoms with Crippen LogP contribution in [0.25, 0.3) is 0 Å². The number of hydrogen-bond acceptors (Lipinski definition) is 5. The largest absolute Gasteiger partial charge is 0.497 e. The topological polar surface area (TPSA) is 81.0 Å². The van der Waals surface area contributed by atoms with Crippen LogP contribution in [0.3, 0.4) is 0 Å². The molecule has 0 saturated carbocycles. The second kappa shape index (κ2) is 10.9. The SMILES string of the molecule is COc1ccc(CC(NC(=O)C2CCCN(C(=O)c3ccoc3)C2)c2ccc(OC)cc2)cc1. The molecule has 2 aromatic carbocycles. The third-order valence-electron chi connectivity index (χ3n) is 6.28. The van der Waals surface area contributed by atoms with Gasteiger partial charge >= 0.3 is 0 Å². The van der Waals surface area contributed by atoms with E-state index < -0.39 is 0 Å². The van der Waals surface area contributed by atoms with Gasteiger partial charge in [0, 0.05) is 13.1 Å². The number of carbonyl (C=O) groups excluding carboxylic acids is 2. The number of benzene rings is 2. The van der Waals surface area contributed by atoms with Gasteiger partial charge in [-0.1, -0.05) is 24.3 Å². The summed E-state index contributed by atoms with van der Waals surface area (Å²) >= 11 is 0. The van der Waals surface area contributed by atoms with Gasteiger partial charge < -0.3 is 24.1 Å². The van der Waals surface area contributed by atoms with Crippen LogP contribution in [0.1, 0.15) is 40.4 Å². The summed E-state index contributed by atoms with van der Waals surface area (Å²) in [6, 6.07) is 17.0. The van der Waals surface area contributed by atoms with Crippen molar-refractivity contribution >= 4 is 11.8 Å². The Kier molecular flexibility index (Phi) is 7.52. The molecule has 178 valence electrons. The third kappa shape index (κ3) is 5.60. The lowest BCUT2D eigenvalue weighted by Crippen LogP contribution is -2.46. The smallest absolute Gasteiger partial charge is 0.257 e. The Hall–Kier alpha value is -3.74. The molecule has 34 heavy (non-hydrogen) atoms. The van der Waals surface area contributed by atoms with Gasteiger partial charge in [0.25, 0.3) is 5.91 Å². The lowest BCUT2D eigenvalue weighted by atomic mass is 9.94. The number of nitrogens with one attached hydrogen (secondary N) is 1. The molecule has 7 heteroatoms. The van der Waals surface area contributed by atoms with Crippen molar-refractivity contribution in [3.8, 4) is 11.5 Å². The Morgan fingerprint density at radius 1 is 1.03 bits per heavy atom. The highest BCUT2D eigenvalue weighted by Gasteiger charge is 2.30. The van der Waals surface area contributed by atoms with Crippen molar-refractivity contribution < 1.29 is 23.5 Å². The molecule has 0 spiro atoms. The molecule has 2 atom stereocenters. The zero-order valence-electron chi connectivity index (χ0n) is 19.5. The first-order chi connectivity index (χ1) is 16.6. The molecular formula is C27H30N2O5.